The first kappa shape index (κ1) is 13.8. The van der Waals surface area contributed by atoms with Gasteiger partial charge in [-0.15, -0.1) is 0 Å². The first-order valence-corrected chi connectivity index (χ1v) is 6.46. The van der Waals surface area contributed by atoms with Gasteiger partial charge >= 0.3 is 0 Å². The van der Waals surface area contributed by atoms with Gasteiger partial charge in [0.1, 0.15) is 5.82 Å². The Labute approximate surface area is 122 Å². The first-order chi connectivity index (χ1) is 8.97. The van der Waals surface area contributed by atoms with Crippen LogP contribution in [0.3, 0.4) is 0 Å². The first-order valence-electron chi connectivity index (χ1n) is 5.29. The Bertz CT molecular complexity index is 649. The van der Waals surface area contributed by atoms with Gasteiger partial charge in [0.05, 0.1) is 15.8 Å². The number of nitrogens with one attached hydrogen (secondary N) is 1. The number of carbonyl (C=O) groups is 1. The molecule has 2 rings (SSSR count). The van der Waals surface area contributed by atoms with E-state index in [0.717, 1.165) is 0 Å². The molecule has 0 spiro atoms. The largest absolute Gasteiger partial charge is 0.397 e. The van der Waals surface area contributed by atoms with Crippen molar-refractivity contribution in [3.63, 3.8) is 0 Å². The van der Waals surface area contributed by atoms with Crippen molar-refractivity contribution in [1.82, 2.24) is 0 Å². The lowest BCUT2D eigenvalue weighted by Gasteiger charge is -2.09. The monoisotopic (exact) mass is 342 g/mol. The Hall–Kier alpha value is -1.59. The predicted molar refractivity (Wildman–Crippen MR) is 77.9 cm³/mol. The number of nitrogens with two attached hydrogens (primary N) is 1. The average Bonchev–Trinajstić information content (AvgIpc) is 2.37. The summed E-state index contributed by atoms with van der Waals surface area (Å²) in [7, 11) is 0. The van der Waals surface area contributed by atoms with Crippen LogP contribution in [0.2, 0.25) is 5.02 Å². The van der Waals surface area contributed by atoms with E-state index in [1.807, 2.05) is 0 Å². The summed E-state index contributed by atoms with van der Waals surface area (Å²) < 4.78 is 13.3. The minimum atomic E-state index is -0.432. The van der Waals surface area contributed by atoms with Gasteiger partial charge < -0.3 is 11.1 Å². The van der Waals surface area contributed by atoms with Gasteiger partial charge in [-0.3, -0.25) is 4.79 Å². The highest BCUT2D eigenvalue weighted by Crippen LogP contribution is 2.24. The fraction of sp³-hybridized carbons (Fsp3) is 0. The fourth-order valence-corrected chi connectivity index (χ4v) is 2.02. The quantitative estimate of drug-likeness (QED) is 0.807. The minimum Gasteiger partial charge on any atom is -0.397 e. The number of rotatable bonds is 2. The number of hydrogen-bond donors (Lipinski definition) is 2. The van der Waals surface area contributed by atoms with E-state index < -0.39 is 11.7 Å². The van der Waals surface area contributed by atoms with E-state index in [4.69, 9.17) is 17.3 Å². The summed E-state index contributed by atoms with van der Waals surface area (Å²) in [5.41, 5.74) is 6.86. The zero-order valence-electron chi connectivity index (χ0n) is 9.58. The molecule has 0 atom stereocenters. The van der Waals surface area contributed by atoms with Gasteiger partial charge in [-0.2, -0.15) is 0 Å². The molecule has 98 valence electrons. The van der Waals surface area contributed by atoms with E-state index in [-0.39, 0.29) is 4.47 Å². The smallest absolute Gasteiger partial charge is 0.255 e. The third-order valence-electron chi connectivity index (χ3n) is 2.45. The van der Waals surface area contributed by atoms with Crippen LogP contribution in [0.25, 0.3) is 0 Å². The molecule has 2 aromatic rings. The number of anilines is 2. The summed E-state index contributed by atoms with van der Waals surface area (Å²) in [6, 6.07) is 8.76. The van der Waals surface area contributed by atoms with E-state index in [1.165, 1.54) is 18.2 Å². The van der Waals surface area contributed by atoms with Crippen LogP contribution in [-0.4, -0.2) is 5.91 Å². The molecule has 0 bridgehead atoms. The maximum absolute atomic E-state index is 13.1. The molecule has 0 saturated heterocycles. The maximum atomic E-state index is 13.1. The van der Waals surface area contributed by atoms with E-state index in [0.29, 0.717) is 22.0 Å². The van der Waals surface area contributed by atoms with Crippen molar-refractivity contribution in [2.75, 3.05) is 11.1 Å². The van der Waals surface area contributed by atoms with E-state index in [2.05, 4.69) is 21.2 Å². The second kappa shape index (κ2) is 5.59. The Kier molecular flexibility index (Phi) is 4.07. The number of hydrogen-bond acceptors (Lipinski definition) is 2. The number of amides is 1. The standard InChI is InChI=1S/C13H9BrClFN2O/c14-9-5-7(1-3-10(9)16)13(19)18-12-6-8(15)2-4-11(12)17/h1-6H,17H2,(H,18,19). The van der Waals surface area contributed by atoms with Gasteiger partial charge in [0, 0.05) is 10.6 Å². The lowest BCUT2D eigenvalue weighted by atomic mass is 10.2. The molecule has 2 aromatic carbocycles. The summed E-state index contributed by atoms with van der Waals surface area (Å²) in [6.07, 6.45) is 0. The molecule has 0 heterocycles. The molecule has 1 amide bonds. The van der Waals surface area contributed by atoms with Crippen molar-refractivity contribution in [3.8, 4) is 0 Å². The molecule has 0 fully saturated rings. The lowest BCUT2D eigenvalue weighted by Crippen LogP contribution is -2.13. The van der Waals surface area contributed by atoms with Crippen molar-refractivity contribution in [1.29, 1.82) is 0 Å². The third kappa shape index (κ3) is 3.24. The van der Waals surface area contributed by atoms with Crippen LogP contribution in [0, 0.1) is 5.82 Å². The van der Waals surface area contributed by atoms with Gasteiger partial charge in [0.25, 0.3) is 5.91 Å². The molecule has 19 heavy (non-hydrogen) atoms. The number of halogens is 3. The zero-order chi connectivity index (χ0) is 14.0. The molecule has 0 saturated carbocycles. The van der Waals surface area contributed by atoms with Crippen molar-refractivity contribution in [2.45, 2.75) is 0 Å². The van der Waals surface area contributed by atoms with Crippen LogP contribution in [0.1, 0.15) is 10.4 Å². The molecule has 0 aliphatic carbocycles. The Morgan fingerprint density at radius 3 is 2.68 bits per heavy atom. The molecule has 0 aliphatic heterocycles. The van der Waals surface area contributed by atoms with Gasteiger partial charge in [0.2, 0.25) is 0 Å². The van der Waals surface area contributed by atoms with Gasteiger partial charge in [-0.25, -0.2) is 4.39 Å². The molecule has 6 heteroatoms. The minimum absolute atomic E-state index is 0.221. The van der Waals surface area contributed by atoms with Crippen molar-refractivity contribution >= 4 is 44.8 Å². The topological polar surface area (TPSA) is 55.1 Å². The van der Waals surface area contributed by atoms with Crippen LogP contribution in [0.15, 0.2) is 40.9 Å². The van der Waals surface area contributed by atoms with Gasteiger partial charge in [-0.1, -0.05) is 11.6 Å². The van der Waals surface area contributed by atoms with Crippen molar-refractivity contribution < 1.29 is 9.18 Å². The molecule has 3 nitrogen and oxygen atoms in total. The molecule has 3 N–H and O–H groups in total. The summed E-state index contributed by atoms with van der Waals surface area (Å²) in [5.74, 6) is -0.825. The SMILES string of the molecule is Nc1ccc(Cl)cc1NC(=O)c1ccc(F)c(Br)c1. The molecule has 0 radical (unpaired) electrons. The maximum Gasteiger partial charge on any atom is 0.255 e. The van der Waals surface area contributed by atoms with Crippen LogP contribution in [-0.2, 0) is 0 Å². The number of carbonyl (C=O) groups excluding carboxylic acids is 1. The average molecular weight is 344 g/mol. The van der Waals surface area contributed by atoms with Crippen LogP contribution >= 0.6 is 27.5 Å². The lowest BCUT2D eigenvalue weighted by molar-refractivity contribution is 0.102. The zero-order valence-corrected chi connectivity index (χ0v) is 11.9. The second-order valence-electron chi connectivity index (χ2n) is 3.81. The van der Waals surface area contributed by atoms with E-state index >= 15 is 0 Å². The highest BCUT2D eigenvalue weighted by molar-refractivity contribution is 9.10. The molecule has 0 aliphatic rings. The fourth-order valence-electron chi connectivity index (χ4n) is 1.47. The van der Waals surface area contributed by atoms with Crippen molar-refractivity contribution in [3.05, 3.63) is 57.3 Å². The summed E-state index contributed by atoms with van der Waals surface area (Å²) in [4.78, 5) is 12.0. The highest BCUT2D eigenvalue weighted by atomic mass is 79.9. The Balaban J connectivity index is 2.25. The van der Waals surface area contributed by atoms with Crippen LogP contribution in [0.5, 0.6) is 0 Å². The van der Waals surface area contributed by atoms with Gasteiger partial charge in [0.15, 0.2) is 0 Å². The molecular weight excluding hydrogens is 335 g/mol. The Morgan fingerprint density at radius 1 is 1.26 bits per heavy atom. The predicted octanol–water partition coefficient (Wildman–Crippen LogP) is 4.08. The Morgan fingerprint density at radius 2 is 2.00 bits per heavy atom. The molecule has 0 aromatic heterocycles. The number of benzene rings is 2. The van der Waals surface area contributed by atoms with E-state index in [1.54, 1.807) is 18.2 Å². The third-order valence-corrected chi connectivity index (χ3v) is 3.29. The molecule has 0 unspecified atom stereocenters. The van der Waals surface area contributed by atoms with Crippen LogP contribution in [0.4, 0.5) is 15.8 Å². The summed E-state index contributed by atoms with van der Waals surface area (Å²) >= 11 is 8.85. The second-order valence-corrected chi connectivity index (χ2v) is 5.11. The number of nitrogen functional groups attached to an aromatic ring is 1. The van der Waals surface area contributed by atoms with Crippen LogP contribution < -0.4 is 11.1 Å². The molecular formula is C13H9BrClFN2O. The summed E-state index contributed by atoms with van der Waals surface area (Å²) in [6.45, 7) is 0. The van der Waals surface area contributed by atoms with Gasteiger partial charge in [-0.05, 0) is 52.3 Å². The highest BCUT2D eigenvalue weighted by Gasteiger charge is 2.10. The van der Waals surface area contributed by atoms with Crippen molar-refractivity contribution in [2.24, 2.45) is 0 Å². The normalized spacial score (nSPS) is 10.3. The summed E-state index contributed by atoms with van der Waals surface area (Å²) in [5, 5.41) is 3.09. The van der Waals surface area contributed by atoms with E-state index in [9.17, 15) is 9.18 Å².